The lowest BCUT2D eigenvalue weighted by molar-refractivity contribution is 0.0958. The Morgan fingerprint density at radius 3 is 2.95 bits per heavy atom. The molecule has 2 rings (SSSR count). The first kappa shape index (κ1) is 15.5. The summed E-state index contributed by atoms with van der Waals surface area (Å²) in [7, 11) is 0. The van der Waals surface area contributed by atoms with Crippen LogP contribution in [0, 0.1) is 0 Å². The van der Waals surface area contributed by atoms with Crippen LogP contribution >= 0.6 is 23.1 Å². The number of hydrogen-bond acceptors (Lipinski definition) is 6. The number of hydrogen-bond donors (Lipinski definition) is 3. The van der Waals surface area contributed by atoms with Crippen LogP contribution in [0.5, 0.6) is 0 Å². The molecule has 0 bridgehead atoms. The summed E-state index contributed by atoms with van der Waals surface area (Å²) in [5.74, 6) is -0.101. The molecule has 1 amide bonds. The number of β-amino-alcohol motifs (C(OH)–C–C–N with tert-alkyl or cyclic N) is 1. The molecule has 1 saturated heterocycles. The van der Waals surface area contributed by atoms with Crippen molar-refractivity contribution in [1.82, 2.24) is 5.32 Å². The molecule has 4 N–H and O–H groups in total. The van der Waals surface area contributed by atoms with Crippen LogP contribution in [-0.4, -0.2) is 43.0 Å². The van der Waals surface area contributed by atoms with Crippen LogP contribution in [0.25, 0.3) is 0 Å². The molecule has 20 heavy (non-hydrogen) atoms. The summed E-state index contributed by atoms with van der Waals surface area (Å²) in [5, 5.41) is 13.5. The second kappa shape index (κ2) is 6.69. The zero-order chi connectivity index (χ0) is 14.7. The number of anilines is 2. The van der Waals surface area contributed by atoms with Crippen molar-refractivity contribution in [3.05, 3.63) is 4.88 Å². The number of nitrogen functional groups attached to an aromatic ring is 1. The topological polar surface area (TPSA) is 78.6 Å². The zero-order valence-electron chi connectivity index (χ0n) is 11.8. The molecule has 7 heteroatoms. The molecule has 1 aromatic rings. The standard InChI is InChI=1S/C13H21N3O2S2/c1-3-5-15-12(18)10-9(14)11(19-2)13(20-10)16-6-4-8(17)7-16/h8,17H,3-7,14H2,1-2H3,(H,15,18). The summed E-state index contributed by atoms with van der Waals surface area (Å²) in [4.78, 5) is 15.8. The van der Waals surface area contributed by atoms with Crippen molar-refractivity contribution < 1.29 is 9.90 Å². The molecule has 1 aliphatic heterocycles. The first-order valence-electron chi connectivity index (χ1n) is 6.75. The lowest BCUT2D eigenvalue weighted by Crippen LogP contribution is -2.23. The molecule has 5 nitrogen and oxygen atoms in total. The van der Waals surface area contributed by atoms with E-state index in [1.165, 1.54) is 11.3 Å². The van der Waals surface area contributed by atoms with Gasteiger partial charge in [0.1, 0.15) is 9.88 Å². The maximum Gasteiger partial charge on any atom is 0.263 e. The van der Waals surface area contributed by atoms with Crippen LogP contribution in [0.2, 0.25) is 0 Å². The lowest BCUT2D eigenvalue weighted by Gasteiger charge is -2.16. The highest BCUT2D eigenvalue weighted by atomic mass is 32.2. The van der Waals surface area contributed by atoms with Crippen LogP contribution in [0.4, 0.5) is 10.7 Å². The van der Waals surface area contributed by atoms with Gasteiger partial charge in [0.25, 0.3) is 5.91 Å². The van der Waals surface area contributed by atoms with E-state index in [2.05, 4.69) is 10.2 Å². The number of rotatable bonds is 5. The van der Waals surface area contributed by atoms with E-state index in [-0.39, 0.29) is 12.0 Å². The van der Waals surface area contributed by atoms with Crippen LogP contribution in [0.15, 0.2) is 4.90 Å². The number of thiophene rings is 1. The van der Waals surface area contributed by atoms with E-state index in [1.807, 2.05) is 13.2 Å². The second-order valence-corrected chi connectivity index (χ2v) is 6.64. The minimum Gasteiger partial charge on any atom is -0.396 e. The predicted molar refractivity (Wildman–Crippen MR) is 86.0 cm³/mol. The fourth-order valence-electron chi connectivity index (χ4n) is 2.24. The molecular weight excluding hydrogens is 294 g/mol. The van der Waals surface area contributed by atoms with Gasteiger partial charge in [0.15, 0.2) is 0 Å². The molecule has 1 atom stereocenters. The zero-order valence-corrected chi connectivity index (χ0v) is 13.4. The highest BCUT2D eigenvalue weighted by Gasteiger charge is 2.28. The van der Waals surface area contributed by atoms with Gasteiger partial charge in [0.05, 0.1) is 16.7 Å². The van der Waals surface area contributed by atoms with Crippen molar-refractivity contribution in [2.75, 3.05) is 36.5 Å². The van der Waals surface area contributed by atoms with E-state index in [0.29, 0.717) is 23.7 Å². The average Bonchev–Trinajstić information content (AvgIpc) is 2.99. The Bertz CT molecular complexity index is 490. The Morgan fingerprint density at radius 1 is 1.65 bits per heavy atom. The van der Waals surface area contributed by atoms with Crippen LogP contribution in [-0.2, 0) is 0 Å². The summed E-state index contributed by atoms with van der Waals surface area (Å²) in [6.45, 7) is 4.10. The monoisotopic (exact) mass is 315 g/mol. The summed E-state index contributed by atoms with van der Waals surface area (Å²) in [6, 6.07) is 0. The third-order valence-corrected chi connectivity index (χ3v) is 5.49. The Hall–Kier alpha value is -0.920. The fourth-order valence-corrected chi connectivity index (χ4v) is 4.37. The van der Waals surface area contributed by atoms with Gasteiger partial charge < -0.3 is 21.1 Å². The Morgan fingerprint density at radius 2 is 2.40 bits per heavy atom. The lowest BCUT2D eigenvalue weighted by atomic mass is 10.3. The van der Waals surface area contributed by atoms with E-state index in [0.717, 1.165) is 29.3 Å². The SMILES string of the molecule is CCCNC(=O)c1sc(N2CCC(O)C2)c(SC)c1N. The van der Waals surface area contributed by atoms with Gasteiger partial charge in [-0.25, -0.2) is 0 Å². The first-order valence-corrected chi connectivity index (χ1v) is 8.80. The van der Waals surface area contributed by atoms with E-state index in [9.17, 15) is 9.90 Å². The normalized spacial score (nSPS) is 18.6. The van der Waals surface area contributed by atoms with Crippen molar-refractivity contribution in [3.63, 3.8) is 0 Å². The maximum absolute atomic E-state index is 12.1. The van der Waals surface area contributed by atoms with Gasteiger partial charge in [-0.05, 0) is 19.1 Å². The molecule has 1 fully saturated rings. The number of carbonyl (C=O) groups is 1. The van der Waals surface area contributed by atoms with Gasteiger partial charge in [-0.2, -0.15) is 0 Å². The van der Waals surface area contributed by atoms with Gasteiger partial charge in [-0.1, -0.05) is 6.92 Å². The van der Waals surface area contributed by atoms with Crippen molar-refractivity contribution in [3.8, 4) is 0 Å². The first-order chi connectivity index (χ1) is 9.58. The van der Waals surface area contributed by atoms with Crippen molar-refractivity contribution in [2.24, 2.45) is 0 Å². The molecule has 0 radical (unpaired) electrons. The molecule has 2 heterocycles. The van der Waals surface area contributed by atoms with Crippen LogP contribution in [0.3, 0.4) is 0 Å². The average molecular weight is 315 g/mol. The van der Waals surface area contributed by atoms with Gasteiger partial charge in [-0.15, -0.1) is 23.1 Å². The number of nitrogens with zero attached hydrogens (tertiary/aromatic N) is 1. The van der Waals surface area contributed by atoms with Gasteiger partial charge in [-0.3, -0.25) is 4.79 Å². The Labute approximate surface area is 127 Å². The quantitative estimate of drug-likeness (QED) is 0.722. The molecule has 0 spiro atoms. The Balaban J connectivity index is 2.26. The molecule has 112 valence electrons. The number of thioether (sulfide) groups is 1. The van der Waals surface area contributed by atoms with Crippen molar-refractivity contribution >= 4 is 39.7 Å². The summed E-state index contributed by atoms with van der Waals surface area (Å²) >= 11 is 2.98. The number of amides is 1. The minimum atomic E-state index is -0.287. The van der Waals surface area contributed by atoms with E-state index in [4.69, 9.17) is 5.73 Å². The molecule has 0 aromatic carbocycles. The molecule has 1 aliphatic rings. The van der Waals surface area contributed by atoms with E-state index >= 15 is 0 Å². The molecular formula is C13H21N3O2S2. The van der Waals surface area contributed by atoms with Crippen LogP contribution in [0.1, 0.15) is 29.4 Å². The molecule has 1 unspecified atom stereocenters. The number of aliphatic hydroxyl groups is 1. The number of nitrogens with two attached hydrogens (primary N) is 1. The molecule has 0 saturated carbocycles. The fraction of sp³-hybridized carbons (Fsp3) is 0.615. The maximum atomic E-state index is 12.1. The highest BCUT2D eigenvalue weighted by Crippen LogP contribution is 2.44. The smallest absolute Gasteiger partial charge is 0.263 e. The van der Waals surface area contributed by atoms with Gasteiger partial charge in [0, 0.05) is 19.6 Å². The molecule has 1 aromatic heterocycles. The summed E-state index contributed by atoms with van der Waals surface area (Å²) in [5.41, 5.74) is 6.69. The highest BCUT2D eigenvalue weighted by molar-refractivity contribution is 7.99. The van der Waals surface area contributed by atoms with Crippen molar-refractivity contribution in [1.29, 1.82) is 0 Å². The van der Waals surface area contributed by atoms with E-state index in [1.54, 1.807) is 11.8 Å². The van der Waals surface area contributed by atoms with Gasteiger partial charge >= 0.3 is 0 Å². The van der Waals surface area contributed by atoms with Crippen molar-refractivity contribution in [2.45, 2.75) is 30.8 Å². The minimum absolute atomic E-state index is 0.101. The second-order valence-electron chi connectivity index (χ2n) is 4.83. The molecule has 0 aliphatic carbocycles. The largest absolute Gasteiger partial charge is 0.396 e. The number of nitrogens with one attached hydrogen (secondary N) is 1. The van der Waals surface area contributed by atoms with Gasteiger partial charge in [0.2, 0.25) is 0 Å². The third kappa shape index (κ3) is 3.05. The van der Waals surface area contributed by atoms with Crippen LogP contribution < -0.4 is 16.0 Å². The third-order valence-electron chi connectivity index (χ3n) is 3.28. The Kier molecular flexibility index (Phi) is 5.17. The summed E-state index contributed by atoms with van der Waals surface area (Å²) < 4.78 is 0. The van der Waals surface area contributed by atoms with E-state index < -0.39 is 0 Å². The number of carbonyl (C=O) groups excluding carboxylic acids is 1. The predicted octanol–water partition coefficient (Wildman–Crippen LogP) is 1.76. The number of aliphatic hydroxyl groups excluding tert-OH is 1. The summed E-state index contributed by atoms with van der Waals surface area (Å²) in [6.07, 6.45) is 3.34.